The van der Waals surface area contributed by atoms with Crippen molar-refractivity contribution in [2.24, 2.45) is 11.3 Å². The molecule has 1 fully saturated rings. The van der Waals surface area contributed by atoms with E-state index in [1.54, 1.807) is 16.7 Å². The van der Waals surface area contributed by atoms with Crippen molar-refractivity contribution < 1.29 is 14.3 Å². The predicted octanol–water partition coefficient (Wildman–Crippen LogP) is 3.69. The molecule has 0 bridgehead atoms. The molecule has 0 saturated carbocycles. The van der Waals surface area contributed by atoms with Crippen LogP contribution in [0, 0.1) is 11.3 Å². The van der Waals surface area contributed by atoms with Gasteiger partial charge < -0.3 is 9.64 Å². The van der Waals surface area contributed by atoms with Crippen molar-refractivity contribution in [3.05, 3.63) is 0 Å². The Morgan fingerprint density at radius 3 is 2.45 bits per heavy atom. The number of unbranched alkanes of at least 4 members (excludes halogenated alkanes) is 1. The third-order valence-electron chi connectivity index (χ3n) is 3.59. The zero-order valence-electron chi connectivity index (χ0n) is 14.8. The van der Waals surface area contributed by atoms with Crippen LogP contribution in [0.15, 0.2) is 0 Å². The fourth-order valence-electron chi connectivity index (χ4n) is 2.50. The Morgan fingerprint density at radius 1 is 1.32 bits per heavy atom. The van der Waals surface area contributed by atoms with E-state index in [0.717, 1.165) is 12.8 Å². The van der Waals surface area contributed by atoms with Crippen molar-refractivity contribution in [1.82, 2.24) is 4.90 Å². The minimum absolute atomic E-state index is 0.0636. The van der Waals surface area contributed by atoms with E-state index in [2.05, 4.69) is 20.8 Å². The van der Waals surface area contributed by atoms with E-state index in [0.29, 0.717) is 24.7 Å². The van der Waals surface area contributed by atoms with Gasteiger partial charge in [0.15, 0.2) is 0 Å². The van der Waals surface area contributed by atoms with Gasteiger partial charge in [-0.3, -0.25) is 4.79 Å². The zero-order chi connectivity index (χ0) is 16.9. The monoisotopic (exact) mass is 329 g/mol. The second-order valence-electron chi connectivity index (χ2n) is 7.54. The number of ether oxygens (including phenoxy) is 1. The van der Waals surface area contributed by atoms with Gasteiger partial charge in [0.05, 0.1) is 12.0 Å². The lowest BCUT2D eigenvalue weighted by Crippen LogP contribution is -2.48. The molecule has 1 amide bonds. The van der Waals surface area contributed by atoms with Gasteiger partial charge in [-0.2, -0.15) is 0 Å². The van der Waals surface area contributed by atoms with Crippen molar-refractivity contribution in [2.75, 3.05) is 12.4 Å². The number of thioether (sulfide) groups is 1. The van der Waals surface area contributed by atoms with E-state index in [9.17, 15) is 9.59 Å². The van der Waals surface area contributed by atoms with Crippen LogP contribution in [0.3, 0.4) is 0 Å². The fourth-order valence-corrected chi connectivity index (χ4v) is 3.98. The minimum atomic E-state index is -0.427. The van der Waals surface area contributed by atoms with Gasteiger partial charge in [0, 0.05) is 12.2 Å². The van der Waals surface area contributed by atoms with Crippen LogP contribution in [0.2, 0.25) is 0 Å². The molecular weight excluding hydrogens is 298 g/mol. The van der Waals surface area contributed by atoms with Gasteiger partial charge in [0.2, 0.25) is 5.91 Å². The summed E-state index contributed by atoms with van der Waals surface area (Å²) in [6.45, 7) is 12.9. The summed E-state index contributed by atoms with van der Waals surface area (Å²) < 4.78 is 5.36. The topological polar surface area (TPSA) is 46.6 Å². The summed E-state index contributed by atoms with van der Waals surface area (Å²) in [4.78, 5) is 26.9. The second kappa shape index (κ2) is 8.23. The highest BCUT2D eigenvalue weighted by Gasteiger charge is 2.44. The first kappa shape index (κ1) is 19.3. The highest BCUT2D eigenvalue weighted by atomic mass is 32.2. The van der Waals surface area contributed by atoms with Crippen LogP contribution in [-0.2, 0) is 14.3 Å². The highest BCUT2D eigenvalue weighted by molar-refractivity contribution is 8.00. The molecule has 1 heterocycles. The van der Waals surface area contributed by atoms with E-state index in [4.69, 9.17) is 4.74 Å². The first-order valence-corrected chi connectivity index (χ1v) is 9.31. The van der Waals surface area contributed by atoms with Crippen molar-refractivity contribution in [3.63, 3.8) is 0 Å². The van der Waals surface area contributed by atoms with Crippen molar-refractivity contribution in [2.45, 2.75) is 72.2 Å². The molecule has 0 aromatic carbocycles. The van der Waals surface area contributed by atoms with E-state index < -0.39 is 6.04 Å². The molecular formula is C17H31NO3S. The summed E-state index contributed by atoms with van der Waals surface area (Å²) in [6.07, 6.45) is 2.32. The Balaban J connectivity index is 2.82. The predicted molar refractivity (Wildman–Crippen MR) is 91.7 cm³/mol. The maximum absolute atomic E-state index is 12.7. The Kier molecular flexibility index (Phi) is 7.23. The lowest BCUT2D eigenvalue weighted by atomic mass is 9.91. The summed E-state index contributed by atoms with van der Waals surface area (Å²) in [6, 6.07) is -0.427. The fraction of sp³-hybridized carbons (Fsp3) is 0.882. The maximum atomic E-state index is 12.7. The first-order valence-electron chi connectivity index (χ1n) is 8.26. The summed E-state index contributed by atoms with van der Waals surface area (Å²) in [5.74, 6) is 0.784. The number of esters is 1. The lowest BCUT2D eigenvalue weighted by molar-refractivity contribution is -0.155. The van der Waals surface area contributed by atoms with Crippen molar-refractivity contribution in [1.29, 1.82) is 0 Å². The summed E-state index contributed by atoms with van der Waals surface area (Å²) in [5, 5.41) is 0.0681. The molecule has 0 aromatic heterocycles. The highest BCUT2D eigenvalue weighted by Crippen LogP contribution is 2.36. The average Bonchev–Trinajstić information content (AvgIpc) is 2.81. The number of carbonyl (C=O) groups excluding carboxylic acids is 2. The molecule has 128 valence electrons. The molecule has 22 heavy (non-hydrogen) atoms. The standard InChI is InChI=1S/C17H31NO3S/c1-7-8-9-21-16(20)13-11-22-15(12(2)3)18(13)14(19)10-17(4,5)6/h12-13,15H,7-11H2,1-6H3. The molecule has 1 aliphatic heterocycles. The van der Waals surface area contributed by atoms with Gasteiger partial charge in [-0.1, -0.05) is 48.0 Å². The smallest absolute Gasteiger partial charge is 0.329 e. The SMILES string of the molecule is CCCCOC(=O)C1CSC(C(C)C)N1C(=O)CC(C)(C)C. The molecule has 0 aromatic rings. The van der Waals surface area contributed by atoms with Crippen LogP contribution >= 0.6 is 11.8 Å². The van der Waals surface area contributed by atoms with E-state index in [1.165, 1.54) is 0 Å². The number of amides is 1. The third-order valence-corrected chi connectivity index (χ3v) is 5.21. The normalized spacial score (nSPS) is 22.2. The molecule has 2 unspecified atom stereocenters. The van der Waals surface area contributed by atoms with Gasteiger partial charge in [0.25, 0.3) is 0 Å². The Bertz CT molecular complexity index is 390. The van der Waals surface area contributed by atoms with Gasteiger partial charge >= 0.3 is 5.97 Å². The van der Waals surface area contributed by atoms with Crippen LogP contribution in [0.25, 0.3) is 0 Å². The van der Waals surface area contributed by atoms with Crippen molar-refractivity contribution in [3.8, 4) is 0 Å². The molecule has 0 N–H and O–H groups in total. The first-order chi connectivity index (χ1) is 10.2. The second-order valence-corrected chi connectivity index (χ2v) is 8.69. The molecule has 0 aliphatic carbocycles. The maximum Gasteiger partial charge on any atom is 0.329 e. The number of carbonyl (C=O) groups is 2. The molecule has 0 spiro atoms. The lowest BCUT2D eigenvalue weighted by Gasteiger charge is -2.32. The zero-order valence-corrected chi connectivity index (χ0v) is 15.7. The summed E-state index contributed by atoms with van der Waals surface area (Å²) in [7, 11) is 0. The molecule has 1 aliphatic rings. The van der Waals surface area contributed by atoms with Crippen LogP contribution < -0.4 is 0 Å². The van der Waals surface area contributed by atoms with Gasteiger partial charge in [0.1, 0.15) is 6.04 Å². The van der Waals surface area contributed by atoms with Crippen LogP contribution in [0.4, 0.5) is 0 Å². The number of hydrogen-bond donors (Lipinski definition) is 0. The van der Waals surface area contributed by atoms with Crippen LogP contribution in [0.5, 0.6) is 0 Å². The molecule has 1 rings (SSSR count). The van der Waals surface area contributed by atoms with E-state index in [1.807, 2.05) is 20.8 Å². The number of hydrogen-bond acceptors (Lipinski definition) is 4. The van der Waals surface area contributed by atoms with Crippen LogP contribution in [-0.4, -0.2) is 40.6 Å². The molecule has 2 atom stereocenters. The van der Waals surface area contributed by atoms with Gasteiger partial charge in [-0.15, -0.1) is 11.8 Å². The molecule has 4 nitrogen and oxygen atoms in total. The van der Waals surface area contributed by atoms with Gasteiger partial charge in [-0.05, 0) is 17.8 Å². The van der Waals surface area contributed by atoms with E-state index >= 15 is 0 Å². The average molecular weight is 330 g/mol. The summed E-state index contributed by atoms with van der Waals surface area (Å²) in [5.41, 5.74) is -0.0808. The largest absolute Gasteiger partial charge is 0.464 e. The Labute approximate surface area is 139 Å². The number of rotatable bonds is 6. The van der Waals surface area contributed by atoms with Gasteiger partial charge in [-0.25, -0.2) is 4.79 Å². The molecule has 5 heteroatoms. The van der Waals surface area contributed by atoms with Crippen molar-refractivity contribution >= 4 is 23.6 Å². The Morgan fingerprint density at radius 2 is 1.95 bits per heavy atom. The summed E-state index contributed by atoms with van der Waals surface area (Å²) >= 11 is 1.69. The Hall–Kier alpha value is -0.710. The number of nitrogens with zero attached hydrogens (tertiary/aromatic N) is 1. The van der Waals surface area contributed by atoms with Crippen LogP contribution in [0.1, 0.15) is 60.8 Å². The quantitative estimate of drug-likeness (QED) is 0.551. The third kappa shape index (κ3) is 5.49. The molecule has 0 radical (unpaired) electrons. The minimum Gasteiger partial charge on any atom is -0.464 e. The molecule has 1 saturated heterocycles. The van der Waals surface area contributed by atoms with E-state index in [-0.39, 0.29) is 22.7 Å².